The minimum absolute atomic E-state index is 0.390. The minimum atomic E-state index is 0.390. The predicted octanol–water partition coefficient (Wildman–Crippen LogP) is 3.54. The summed E-state index contributed by atoms with van der Waals surface area (Å²) in [5.41, 5.74) is 1.06. The van der Waals surface area contributed by atoms with Crippen molar-refractivity contribution in [3.05, 3.63) is 36.5 Å². The molecule has 0 heterocycles. The fourth-order valence-electron chi connectivity index (χ4n) is 1.44. The second-order valence-electron chi connectivity index (χ2n) is 4.01. The molecule has 0 radical (unpaired) electrons. The maximum absolute atomic E-state index is 4.45. The molecule has 1 aliphatic carbocycles. The molecular formula is C13H19N. The molecule has 0 spiro atoms. The quantitative estimate of drug-likeness (QED) is 0.366. The molecule has 1 heteroatoms. The molecule has 0 N–H and O–H groups in total. The molecule has 2 atom stereocenters. The predicted molar refractivity (Wildman–Crippen MR) is 63.8 cm³/mol. The van der Waals surface area contributed by atoms with Gasteiger partial charge >= 0.3 is 0 Å². The molecule has 1 aliphatic rings. The highest BCUT2D eigenvalue weighted by Gasteiger charge is 2.09. The first-order valence-corrected chi connectivity index (χ1v) is 5.22. The van der Waals surface area contributed by atoms with Crippen LogP contribution in [0.2, 0.25) is 0 Å². The van der Waals surface area contributed by atoms with Crippen LogP contribution in [-0.4, -0.2) is 12.3 Å². The van der Waals surface area contributed by atoms with Crippen molar-refractivity contribution >= 4 is 6.21 Å². The third-order valence-corrected chi connectivity index (χ3v) is 2.32. The van der Waals surface area contributed by atoms with Crippen LogP contribution in [0.25, 0.3) is 0 Å². The summed E-state index contributed by atoms with van der Waals surface area (Å²) in [6.07, 6.45) is 12.7. The molecule has 0 amide bonds. The van der Waals surface area contributed by atoms with Gasteiger partial charge in [0, 0.05) is 6.21 Å². The number of hydrogen-bond acceptors (Lipinski definition) is 1. The fourth-order valence-corrected chi connectivity index (χ4v) is 1.44. The molecule has 0 aromatic heterocycles. The average molecular weight is 189 g/mol. The van der Waals surface area contributed by atoms with E-state index in [1.807, 2.05) is 25.3 Å². The summed E-state index contributed by atoms with van der Waals surface area (Å²) in [4.78, 5) is 4.45. The molecule has 0 saturated heterocycles. The number of nitrogens with zero attached hydrogens (tertiary/aromatic N) is 1. The van der Waals surface area contributed by atoms with E-state index in [1.54, 1.807) is 0 Å². The van der Waals surface area contributed by atoms with Crippen molar-refractivity contribution in [2.45, 2.75) is 32.7 Å². The summed E-state index contributed by atoms with van der Waals surface area (Å²) < 4.78 is 0. The maximum Gasteiger partial charge on any atom is 0.0680 e. The van der Waals surface area contributed by atoms with Crippen LogP contribution in [0, 0.1) is 5.92 Å². The number of allylic oxidation sites excluding steroid dienone is 4. The Bertz CT molecular complexity index is 271. The van der Waals surface area contributed by atoms with E-state index >= 15 is 0 Å². The normalized spacial score (nSPS) is 27.6. The van der Waals surface area contributed by atoms with Gasteiger partial charge in [-0.2, -0.15) is 0 Å². The maximum atomic E-state index is 4.45. The molecule has 0 aliphatic heterocycles. The monoisotopic (exact) mass is 189 g/mol. The third kappa shape index (κ3) is 4.22. The van der Waals surface area contributed by atoms with Crippen LogP contribution in [0.15, 0.2) is 41.4 Å². The van der Waals surface area contributed by atoms with Crippen LogP contribution < -0.4 is 0 Å². The molecule has 2 unspecified atom stereocenters. The van der Waals surface area contributed by atoms with Gasteiger partial charge in [-0.25, -0.2) is 0 Å². The topological polar surface area (TPSA) is 12.4 Å². The van der Waals surface area contributed by atoms with E-state index in [2.05, 4.69) is 30.6 Å². The standard InChI is InChI=1S/C13H19N/c1-11(2)5-4-10-14-13-8-6-12(3)7-9-13/h4-6,8,10,12-13H,1,7,9H2,2-3H3/b5-4-,14-10?. The van der Waals surface area contributed by atoms with Gasteiger partial charge in [-0.15, -0.1) is 0 Å². The van der Waals surface area contributed by atoms with Gasteiger partial charge in [0.2, 0.25) is 0 Å². The molecule has 0 aromatic carbocycles. The van der Waals surface area contributed by atoms with E-state index in [9.17, 15) is 0 Å². The Morgan fingerprint density at radius 1 is 1.43 bits per heavy atom. The molecule has 1 rings (SSSR count). The minimum Gasteiger partial charge on any atom is -0.286 e. The molecule has 0 aromatic rings. The Balaban J connectivity index is 2.38. The van der Waals surface area contributed by atoms with Crippen molar-refractivity contribution in [3.63, 3.8) is 0 Å². The molecular weight excluding hydrogens is 170 g/mol. The highest BCUT2D eigenvalue weighted by atomic mass is 14.8. The average Bonchev–Trinajstić information content (AvgIpc) is 2.15. The first-order chi connectivity index (χ1) is 6.68. The lowest BCUT2D eigenvalue weighted by atomic mass is 9.95. The van der Waals surface area contributed by atoms with Crippen LogP contribution in [0.5, 0.6) is 0 Å². The number of aliphatic imine (C=N–C) groups is 1. The van der Waals surface area contributed by atoms with Gasteiger partial charge in [-0.05, 0) is 31.8 Å². The van der Waals surface area contributed by atoms with E-state index in [4.69, 9.17) is 0 Å². The van der Waals surface area contributed by atoms with Gasteiger partial charge in [0.1, 0.15) is 0 Å². The highest BCUT2D eigenvalue weighted by Crippen LogP contribution is 2.18. The Kier molecular flexibility index (Phi) is 4.37. The van der Waals surface area contributed by atoms with Crippen LogP contribution in [0.1, 0.15) is 26.7 Å². The molecule has 0 fully saturated rings. The van der Waals surface area contributed by atoms with Crippen molar-refractivity contribution < 1.29 is 0 Å². The number of rotatable bonds is 3. The van der Waals surface area contributed by atoms with E-state index in [-0.39, 0.29) is 0 Å². The van der Waals surface area contributed by atoms with Crippen LogP contribution in [0.4, 0.5) is 0 Å². The van der Waals surface area contributed by atoms with Crippen LogP contribution in [0.3, 0.4) is 0 Å². The summed E-state index contributed by atoms with van der Waals surface area (Å²) >= 11 is 0. The summed E-state index contributed by atoms with van der Waals surface area (Å²) in [5, 5.41) is 0. The van der Waals surface area contributed by atoms with Crippen LogP contribution in [-0.2, 0) is 0 Å². The van der Waals surface area contributed by atoms with Crippen LogP contribution >= 0.6 is 0 Å². The molecule has 1 nitrogen and oxygen atoms in total. The lowest BCUT2D eigenvalue weighted by molar-refractivity contribution is 0.544. The van der Waals surface area contributed by atoms with E-state index in [0.717, 1.165) is 11.5 Å². The molecule has 0 saturated carbocycles. The summed E-state index contributed by atoms with van der Waals surface area (Å²) in [5.74, 6) is 0.729. The van der Waals surface area contributed by atoms with Gasteiger partial charge in [0.15, 0.2) is 0 Å². The first kappa shape index (κ1) is 11.0. The zero-order valence-electron chi connectivity index (χ0n) is 9.11. The largest absolute Gasteiger partial charge is 0.286 e. The molecule has 14 heavy (non-hydrogen) atoms. The van der Waals surface area contributed by atoms with Crippen molar-refractivity contribution in [3.8, 4) is 0 Å². The zero-order chi connectivity index (χ0) is 10.4. The Hall–Kier alpha value is -1.11. The number of hydrogen-bond donors (Lipinski definition) is 0. The first-order valence-electron chi connectivity index (χ1n) is 5.22. The van der Waals surface area contributed by atoms with Gasteiger partial charge < -0.3 is 0 Å². The van der Waals surface area contributed by atoms with E-state index < -0.39 is 0 Å². The van der Waals surface area contributed by atoms with Gasteiger partial charge in [-0.1, -0.05) is 37.3 Å². The Morgan fingerprint density at radius 2 is 2.21 bits per heavy atom. The lowest BCUT2D eigenvalue weighted by Gasteiger charge is -2.16. The second-order valence-corrected chi connectivity index (χ2v) is 4.01. The van der Waals surface area contributed by atoms with Crippen molar-refractivity contribution in [1.82, 2.24) is 0 Å². The third-order valence-electron chi connectivity index (χ3n) is 2.32. The van der Waals surface area contributed by atoms with Gasteiger partial charge in [-0.3, -0.25) is 4.99 Å². The summed E-state index contributed by atoms with van der Waals surface area (Å²) in [6.45, 7) is 8.01. The smallest absolute Gasteiger partial charge is 0.0680 e. The molecule has 0 bridgehead atoms. The Labute approximate surface area is 86.9 Å². The lowest BCUT2D eigenvalue weighted by Crippen LogP contribution is -2.08. The summed E-state index contributed by atoms with van der Waals surface area (Å²) in [6, 6.07) is 0.390. The van der Waals surface area contributed by atoms with Crippen molar-refractivity contribution in [2.75, 3.05) is 0 Å². The van der Waals surface area contributed by atoms with Crippen molar-refractivity contribution in [1.29, 1.82) is 0 Å². The second kappa shape index (κ2) is 5.58. The van der Waals surface area contributed by atoms with E-state index in [0.29, 0.717) is 6.04 Å². The Morgan fingerprint density at radius 3 is 2.79 bits per heavy atom. The van der Waals surface area contributed by atoms with E-state index in [1.165, 1.54) is 12.8 Å². The van der Waals surface area contributed by atoms with Crippen molar-refractivity contribution in [2.24, 2.45) is 10.9 Å². The fraction of sp³-hybridized carbons (Fsp3) is 0.462. The van der Waals surface area contributed by atoms with Gasteiger partial charge in [0.25, 0.3) is 0 Å². The SMILES string of the molecule is C=C(C)/C=C\C=NC1C=CC(C)CC1. The zero-order valence-corrected chi connectivity index (χ0v) is 9.11. The molecule has 76 valence electrons. The summed E-state index contributed by atoms with van der Waals surface area (Å²) in [7, 11) is 0. The van der Waals surface area contributed by atoms with Gasteiger partial charge in [0.05, 0.1) is 6.04 Å². The highest BCUT2D eigenvalue weighted by molar-refractivity contribution is 5.72.